The lowest BCUT2D eigenvalue weighted by Gasteiger charge is -2.09. The second kappa shape index (κ2) is 9.43. The van der Waals surface area contributed by atoms with Crippen molar-refractivity contribution in [2.75, 3.05) is 12.8 Å². The van der Waals surface area contributed by atoms with Gasteiger partial charge in [0.05, 0.1) is 12.8 Å². The second-order valence-corrected chi connectivity index (χ2v) is 7.20. The molecule has 0 fully saturated rings. The SMILES string of the molecule is CNC(=O)NC(=O)CCSc1nnc(-c2ccc(Cl)cc2)n1Cc1ccco1. The van der Waals surface area contributed by atoms with E-state index in [2.05, 4.69) is 20.8 Å². The molecule has 3 amide bonds. The first-order chi connectivity index (χ1) is 13.6. The molecule has 0 radical (unpaired) electrons. The number of carbonyl (C=O) groups is 2. The lowest BCUT2D eigenvalue weighted by Crippen LogP contribution is -2.37. The molecule has 0 aliphatic carbocycles. The number of amides is 3. The van der Waals surface area contributed by atoms with Crippen molar-refractivity contribution < 1.29 is 14.0 Å². The zero-order chi connectivity index (χ0) is 19.9. The molecule has 2 N–H and O–H groups in total. The highest BCUT2D eigenvalue weighted by Gasteiger charge is 2.16. The van der Waals surface area contributed by atoms with Crippen LogP contribution >= 0.6 is 23.4 Å². The number of furan rings is 1. The lowest BCUT2D eigenvalue weighted by atomic mass is 10.2. The molecular formula is C18H18ClN5O3S. The van der Waals surface area contributed by atoms with Crippen molar-refractivity contribution in [3.8, 4) is 11.4 Å². The number of hydrogen-bond acceptors (Lipinski definition) is 6. The van der Waals surface area contributed by atoms with Crippen LogP contribution in [0.5, 0.6) is 0 Å². The highest BCUT2D eigenvalue weighted by Crippen LogP contribution is 2.26. The van der Waals surface area contributed by atoms with Crippen molar-refractivity contribution in [3.05, 3.63) is 53.4 Å². The highest BCUT2D eigenvalue weighted by atomic mass is 35.5. The van der Waals surface area contributed by atoms with Crippen LogP contribution in [-0.2, 0) is 11.3 Å². The van der Waals surface area contributed by atoms with Gasteiger partial charge in [0.15, 0.2) is 11.0 Å². The predicted molar refractivity (Wildman–Crippen MR) is 106 cm³/mol. The Balaban J connectivity index is 1.75. The Morgan fingerprint density at radius 2 is 2.00 bits per heavy atom. The predicted octanol–water partition coefficient (Wildman–Crippen LogP) is 3.18. The molecule has 146 valence electrons. The Morgan fingerprint density at radius 3 is 2.68 bits per heavy atom. The van der Waals surface area contributed by atoms with E-state index in [1.165, 1.54) is 18.8 Å². The van der Waals surface area contributed by atoms with E-state index in [0.29, 0.717) is 28.3 Å². The molecule has 0 spiro atoms. The Morgan fingerprint density at radius 1 is 1.21 bits per heavy atom. The Kier molecular flexibility index (Phi) is 6.72. The minimum atomic E-state index is -0.527. The largest absolute Gasteiger partial charge is 0.467 e. The minimum absolute atomic E-state index is 0.169. The molecule has 2 heterocycles. The maximum Gasteiger partial charge on any atom is 0.321 e. The molecule has 0 unspecified atom stereocenters. The fraction of sp³-hybridized carbons (Fsp3) is 0.222. The standard InChI is InChI=1S/C18H18ClN5O3S/c1-20-17(26)21-15(25)8-10-28-18-23-22-16(12-4-6-13(19)7-5-12)24(18)11-14-3-2-9-27-14/h2-7,9H,8,10-11H2,1H3,(H2,20,21,25,26). The van der Waals surface area contributed by atoms with Crippen LogP contribution in [0, 0.1) is 0 Å². The summed E-state index contributed by atoms with van der Waals surface area (Å²) in [5.74, 6) is 1.51. The third-order valence-electron chi connectivity index (χ3n) is 3.75. The average Bonchev–Trinajstić information content (AvgIpc) is 3.33. The van der Waals surface area contributed by atoms with E-state index < -0.39 is 6.03 Å². The maximum atomic E-state index is 11.7. The van der Waals surface area contributed by atoms with Crippen molar-refractivity contribution in [3.63, 3.8) is 0 Å². The average molecular weight is 420 g/mol. The topological polar surface area (TPSA) is 102 Å². The number of halogens is 1. The van der Waals surface area contributed by atoms with Gasteiger partial charge in [-0.2, -0.15) is 0 Å². The number of nitrogens with zero attached hydrogens (tertiary/aromatic N) is 3. The molecule has 0 atom stereocenters. The lowest BCUT2D eigenvalue weighted by molar-refractivity contribution is -0.119. The fourth-order valence-corrected chi connectivity index (χ4v) is 3.40. The zero-order valence-electron chi connectivity index (χ0n) is 15.0. The van der Waals surface area contributed by atoms with Crippen LogP contribution in [0.4, 0.5) is 4.79 Å². The first-order valence-electron chi connectivity index (χ1n) is 8.42. The number of carbonyl (C=O) groups excluding carboxylic acids is 2. The molecule has 28 heavy (non-hydrogen) atoms. The summed E-state index contributed by atoms with van der Waals surface area (Å²) in [7, 11) is 1.45. The zero-order valence-corrected chi connectivity index (χ0v) is 16.6. The van der Waals surface area contributed by atoms with Gasteiger partial charge in [0, 0.05) is 29.8 Å². The number of hydrogen-bond donors (Lipinski definition) is 2. The van der Waals surface area contributed by atoms with Crippen LogP contribution in [0.2, 0.25) is 5.02 Å². The molecular weight excluding hydrogens is 402 g/mol. The van der Waals surface area contributed by atoms with E-state index in [-0.39, 0.29) is 12.3 Å². The third-order valence-corrected chi connectivity index (χ3v) is 4.97. The van der Waals surface area contributed by atoms with E-state index >= 15 is 0 Å². The van der Waals surface area contributed by atoms with Crippen molar-refractivity contribution >= 4 is 35.3 Å². The monoisotopic (exact) mass is 419 g/mol. The van der Waals surface area contributed by atoms with Gasteiger partial charge in [-0.15, -0.1) is 10.2 Å². The number of rotatable bonds is 7. The highest BCUT2D eigenvalue weighted by molar-refractivity contribution is 7.99. The van der Waals surface area contributed by atoms with Gasteiger partial charge in [-0.3, -0.25) is 14.7 Å². The summed E-state index contributed by atoms with van der Waals surface area (Å²) in [6, 6.07) is 10.5. The van der Waals surface area contributed by atoms with E-state index in [0.717, 1.165) is 11.3 Å². The molecule has 3 rings (SSSR count). The van der Waals surface area contributed by atoms with Gasteiger partial charge in [-0.25, -0.2) is 4.79 Å². The summed E-state index contributed by atoms with van der Waals surface area (Å²) in [4.78, 5) is 22.9. The van der Waals surface area contributed by atoms with Crippen molar-refractivity contribution in [2.24, 2.45) is 0 Å². The Labute approximate surface area is 170 Å². The van der Waals surface area contributed by atoms with Crippen LogP contribution in [0.25, 0.3) is 11.4 Å². The van der Waals surface area contributed by atoms with Gasteiger partial charge in [-0.05, 0) is 36.4 Å². The van der Waals surface area contributed by atoms with Crippen LogP contribution in [0.3, 0.4) is 0 Å². The molecule has 1 aromatic carbocycles. The third kappa shape index (κ3) is 5.14. The van der Waals surface area contributed by atoms with Gasteiger partial charge >= 0.3 is 6.03 Å². The number of thioether (sulfide) groups is 1. The molecule has 2 aromatic heterocycles. The molecule has 0 saturated carbocycles. The van der Waals surface area contributed by atoms with E-state index in [9.17, 15) is 9.59 Å². The van der Waals surface area contributed by atoms with Crippen molar-refractivity contribution in [2.45, 2.75) is 18.1 Å². The fourth-order valence-electron chi connectivity index (χ4n) is 2.40. The molecule has 10 heteroatoms. The van der Waals surface area contributed by atoms with Crippen LogP contribution in [0.1, 0.15) is 12.2 Å². The molecule has 3 aromatic rings. The summed E-state index contributed by atoms with van der Waals surface area (Å²) >= 11 is 7.36. The van der Waals surface area contributed by atoms with Gasteiger partial charge < -0.3 is 9.73 Å². The molecule has 0 aliphatic heterocycles. The normalized spacial score (nSPS) is 10.6. The number of nitrogens with one attached hydrogen (secondary N) is 2. The number of benzene rings is 1. The summed E-state index contributed by atoms with van der Waals surface area (Å²) in [6.45, 7) is 0.449. The second-order valence-electron chi connectivity index (χ2n) is 5.70. The van der Waals surface area contributed by atoms with Gasteiger partial charge in [-0.1, -0.05) is 23.4 Å². The summed E-state index contributed by atoms with van der Waals surface area (Å²) in [5.41, 5.74) is 0.868. The minimum Gasteiger partial charge on any atom is -0.467 e. The number of imide groups is 1. The van der Waals surface area contributed by atoms with Crippen molar-refractivity contribution in [1.82, 2.24) is 25.4 Å². The van der Waals surface area contributed by atoms with Gasteiger partial charge in [0.25, 0.3) is 0 Å². The summed E-state index contributed by atoms with van der Waals surface area (Å²) in [6.07, 6.45) is 1.78. The smallest absolute Gasteiger partial charge is 0.321 e. The number of urea groups is 1. The van der Waals surface area contributed by atoms with E-state index in [1.807, 2.05) is 28.8 Å². The Bertz CT molecular complexity index is 941. The molecule has 0 aliphatic rings. The summed E-state index contributed by atoms with van der Waals surface area (Å²) in [5, 5.41) is 14.4. The van der Waals surface area contributed by atoms with E-state index in [4.69, 9.17) is 16.0 Å². The maximum absolute atomic E-state index is 11.7. The van der Waals surface area contributed by atoms with Crippen LogP contribution in [0.15, 0.2) is 52.2 Å². The number of aromatic nitrogens is 3. The molecule has 0 saturated heterocycles. The van der Waals surface area contributed by atoms with Crippen LogP contribution < -0.4 is 10.6 Å². The van der Waals surface area contributed by atoms with Crippen molar-refractivity contribution in [1.29, 1.82) is 0 Å². The first-order valence-corrected chi connectivity index (χ1v) is 9.79. The summed E-state index contributed by atoms with van der Waals surface area (Å²) < 4.78 is 7.38. The Hall–Kier alpha value is -2.78. The quantitative estimate of drug-likeness (QED) is 0.570. The van der Waals surface area contributed by atoms with E-state index in [1.54, 1.807) is 18.4 Å². The molecule has 8 nitrogen and oxygen atoms in total. The molecule has 0 bridgehead atoms. The van der Waals surface area contributed by atoms with Gasteiger partial charge in [0.2, 0.25) is 5.91 Å². The first kappa shape index (κ1) is 20.0. The van der Waals surface area contributed by atoms with Gasteiger partial charge in [0.1, 0.15) is 5.76 Å². The van der Waals surface area contributed by atoms with Crippen LogP contribution in [-0.4, -0.2) is 39.5 Å².